The third kappa shape index (κ3) is 4.75. The standard InChI is InChI=1S/C15H23FN2.ClH/c1-12(14-5-7-15(16)8-6-14)18(2)11-13-4-3-9-17-10-13;/h5-8,12-13,17H,3-4,9-11H2,1-2H3;1H. The number of benzene rings is 1. The number of rotatable bonds is 4. The molecule has 1 N–H and O–H groups in total. The summed E-state index contributed by atoms with van der Waals surface area (Å²) in [5.41, 5.74) is 1.18. The number of nitrogens with one attached hydrogen (secondary N) is 1. The minimum atomic E-state index is -0.162. The third-order valence-corrected chi connectivity index (χ3v) is 3.96. The largest absolute Gasteiger partial charge is 0.316 e. The molecule has 0 bridgehead atoms. The maximum absolute atomic E-state index is 12.9. The predicted octanol–water partition coefficient (Wildman–Crippen LogP) is 3.24. The van der Waals surface area contributed by atoms with Crippen LogP contribution in [0.5, 0.6) is 0 Å². The summed E-state index contributed by atoms with van der Waals surface area (Å²) in [6.45, 7) is 5.57. The Kier molecular flexibility index (Phi) is 6.76. The summed E-state index contributed by atoms with van der Waals surface area (Å²) in [6.07, 6.45) is 2.59. The summed E-state index contributed by atoms with van der Waals surface area (Å²) < 4.78 is 12.9. The van der Waals surface area contributed by atoms with Crippen molar-refractivity contribution in [1.82, 2.24) is 10.2 Å². The van der Waals surface area contributed by atoms with Crippen LogP contribution in [0.25, 0.3) is 0 Å². The molecule has 1 fully saturated rings. The Morgan fingerprint density at radius 3 is 2.63 bits per heavy atom. The third-order valence-electron chi connectivity index (χ3n) is 3.96. The SMILES string of the molecule is CC(c1ccc(F)cc1)N(C)CC1CCCNC1.Cl. The van der Waals surface area contributed by atoms with Crippen molar-refractivity contribution in [2.24, 2.45) is 5.92 Å². The maximum Gasteiger partial charge on any atom is 0.123 e. The van der Waals surface area contributed by atoms with Gasteiger partial charge in [-0.3, -0.25) is 4.90 Å². The molecule has 108 valence electrons. The molecule has 4 heteroatoms. The van der Waals surface area contributed by atoms with Crippen LogP contribution in [-0.2, 0) is 0 Å². The van der Waals surface area contributed by atoms with Gasteiger partial charge in [-0.1, -0.05) is 12.1 Å². The van der Waals surface area contributed by atoms with E-state index in [1.807, 2.05) is 12.1 Å². The zero-order valence-electron chi connectivity index (χ0n) is 11.7. The molecule has 2 atom stereocenters. The minimum absolute atomic E-state index is 0. The smallest absolute Gasteiger partial charge is 0.123 e. The second-order valence-electron chi connectivity index (χ2n) is 5.38. The Hall–Kier alpha value is -0.640. The van der Waals surface area contributed by atoms with Crippen LogP contribution in [0.3, 0.4) is 0 Å². The Balaban J connectivity index is 0.00000180. The predicted molar refractivity (Wildman–Crippen MR) is 80.3 cm³/mol. The molecule has 0 spiro atoms. The van der Waals surface area contributed by atoms with Gasteiger partial charge in [-0.05, 0) is 63.5 Å². The average Bonchev–Trinajstić information content (AvgIpc) is 2.40. The molecule has 19 heavy (non-hydrogen) atoms. The molecule has 2 nitrogen and oxygen atoms in total. The van der Waals surface area contributed by atoms with E-state index < -0.39 is 0 Å². The van der Waals surface area contributed by atoms with Gasteiger partial charge in [0.1, 0.15) is 5.82 Å². The highest BCUT2D eigenvalue weighted by Crippen LogP contribution is 2.21. The van der Waals surface area contributed by atoms with E-state index in [9.17, 15) is 4.39 Å². The van der Waals surface area contributed by atoms with Gasteiger partial charge in [-0.25, -0.2) is 4.39 Å². The summed E-state index contributed by atoms with van der Waals surface area (Å²) in [6, 6.07) is 7.20. The number of hydrogen-bond donors (Lipinski definition) is 1. The van der Waals surface area contributed by atoms with Gasteiger partial charge in [0.25, 0.3) is 0 Å². The fourth-order valence-corrected chi connectivity index (χ4v) is 2.64. The maximum atomic E-state index is 12.9. The first-order chi connectivity index (χ1) is 8.66. The first-order valence-corrected chi connectivity index (χ1v) is 6.83. The van der Waals surface area contributed by atoms with Crippen molar-refractivity contribution in [2.75, 3.05) is 26.7 Å². The minimum Gasteiger partial charge on any atom is -0.316 e. The summed E-state index contributed by atoms with van der Waals surface area (Å²) in [5, 5.41) is 3.45. The van der Waals surface area contributed by atoms with E-state index in [1.165, 1.54) is 18.4 Å². The van der Waals surface area contributed by atoms with E-state index in [0.29, 0.717) is 6.04 Å². The molecular weight excluding hydrogens is 263 g/mol. The second-order valence-corrected chi connectivity index (χ2v) is 5.38. The van der Waals surface area contributed by atoms with E-state index in [4.69, 9.17) is 0 Å². The molecule has 1 aliphatic rings. The molecule has 2 rings (SSSR count). The molecule has 2 unspecified atom stereocenters. The van der Waals surface area contributed by atoms with Gasteiger partial charge >= 0.3 is 0 Å². The molecule has 1 heterocycles. The summed E-state index contributed by atoms with van der Waals surface area (Å²) >= 11 is 0. The van der Waals surface area contributed by atoms with Crippen LogP contribution in [0.4, 0.5) is 4.39 Å². The van der Waals surface area contributed by atoms with E-state index in [0.717, 1.165) is 25.6 Å². The lowest BCUT2D eigenvalue weighted by Crippen LogP contribution is -2.37. The van der Waals surface area contributed by atoms with Gasteiger partial charge in [0.15, 0.2) is 0 Å². The van der Waals surface area contributed by atoms with Crippen LogP contribution >= 0.6 is 12.4 Å². The van der Waals surface area contributed by atoms with E-state index in [-0.39, 0.29) is 18.2 Å². The highest BCUT2D eigenvalue weighted by atomic mass is 35.5. The fraction of sp³-hybridized carbons (Fsp3) is 0.600. The first kappa shape index (κ1) is 16.4. The van der Waals surface area contributed by atoms with Crippen molar-refractivity contribution in [2.45, 2.75) is 25.8 Å². The number of piperidine rings is 1. The molecule has 0 radical (unpaired) electrons. The second kappa shape index (κ2) is 7.83. The highest BCUT2D eigenvalue weighted by molar-refractivity contribution is 5.85. The zero-order valence-corrected chi connectivity index (χ0v) is 12.5. The Morgan fingerprint density at radius 2 is 2.05 bits per heavy atom. The molecule has 0 saturated carbocycles. The average molecular weight is 287 g/mol. The fourth-order valence-electron chi connectivity index (χ4n) is 2.64. The van der Waals surface area contributed by atoms with Crippen LogP contribution in [0.15, 0.2) is 24.3 Å². The molecular formula is C15H24ClFN2. The van der Waals surface area contributed by atoms with Gasteiger partial charge in [-0.2, -0.15) is 0 Å². The van der Waals surface area contributed by atoms with E-state index in [1.54, 1.807) is 12.1 Å². The molecule has 1 saturated heterocycles. The van der Waals surface area contributed by atoms with Crippen molar-refractivity contribution in [3.8, 4) is 0 Å². The monoisotopic (exact) mass is 286 g/mol. The van der Waals surface area contributed by atoms with Gasteiger partial charge in [0.05, 0.1) is 0 Å². The topological polar surface area (TPSA) is 15.3 Å². The van der Waals surface area contributed by atoms with Gasteiger partial charge < -0.3 is 5.32 Å². The highest BCUT2D eigenvalue weighted by Gasteiger charge is 2.18. The first-order valence-electron chi connectivity index (χ1n) is 6.83. The molecule has 1 aliphatic heterocycles. The molecule has 0 amide bonds. The number of hydrogen-bond acceptors (Lipinski definition) is 2. The van der Waals surface area contributed by atoms with Crippen LogP contribution in [-0.4, -0.2) is 31.6 Å². The summed E-state index contributed by atoms with van der Waals surface area (Å²) in [4.78, 5) is 2.37. The van der Waals surface area contributed by atoms with Crippen molar-refractivity contribution in [3.63, 3.8) is 0 Å². The lowest BCUT2D eigenvalue weighted by molar-refractivity contribution is 0.199. The van der Waals surface area contributed by atoms with Gasteiger partial charge in [-0.15, -0.1) is 12.4 Å². The van der Waals surface area contributed by atoms with Gasteiger partial charge in [0.2, 0.25) is 0 Å². The molecule has 0 aromatic heterocycles. The van der Waals surface area contributed by atoms with Crippen LogP contribution in [0.2, 0.25) is 0 Å². The van der Waals surface area contributed by atoms with Crippen LogP contribution in [0, 0.1) is 11.7 Å². The molecule has 1 aromatic rings. The normalized spacial score (nSPS) is 20.9. The Labute approximate surface area is 121 Å². The van der Waals surface area contributed by atoms with Crippen LogP contribution < -0.4 is 5.32 Å². The van der Waals surface area contributed by atoms with Crippen molar-refractivity contribution in [3.05, 3.63) is 35.6 Å². The van der Waals surface area contributed by atoms with Crippen molar-refractivity contribution < 1.29 is 4.39 Å². The lowest BCUT2D eigenvalue weighted by Gasteiger charge is -2.31. The zero-order chi connectivity index (χ0) is 13.0. The summed E-state index contributed by atoms with van der Waals surface area (Å²) in [5.74, 6) is 0.580. The molecule has 0 aliphatic carbocycles. The Bertz CT molecular complexity index is 363. The van der Waals surface area contributed by atoms with Crippen molar-refractivity contribution in [1.29, 1.82) is 0 Å². The lowest BCUT2D eigenvalue weighted by atomic mass is 9.98. The van der Waals surface area contributed by atoms with E-state index >= 15 is 0 Å². The quantitative estimate of drug-likeness (QED) is 0.914. The van der Waals surface area contributed by atoms with Crippen LogP contribution in [0.1, 0.15) is 31.4 Å². The van der Waals surface area contributed by atoms with Gasteiger partial charge in [0, 0.05) is 12.6 Å². The summed E-state index contributed by atoms with van der Waals surface area (Å²) in [7, 11) is 2.16. The Morgan fingerprint density at radius 1 is 1.37 bits per heavy atom. The number of halogens is 2. The van der Waals surface area contributed by atoms with E-state index in [2.05, 4.69) is 24.2 Å². The number of nitrogens with zero attached hydrogens (tertiary/aromatic N) is 1. The molecule has 1 aromatic carbocycles. The van der Waals surface area contributed by atoms with Crippen molar-refractivity contribution >= 4 is 12.4 Å².